The lowest BCUT2D eigenvalue weighted by Crippen LogP contribution is -2.12. The summed E-state index contributed by atoms with van der Waals surface area (Å²) in [6, 6.07) is 9.53. The minimum absolute atomic E-state index is 0.393. The van der Waals surface area contributed by atoms with Crippen LogP contribution in [0, 0.1) is 11.6 Å². The van der Waals surface area contributed by atoms with Gasteiger partial charge in [0.1, 0.15) is 11.6 Å². The van der Waals surface area contributed by atoms with Crippen LogP contribution in [0.2, 0.25) is 5.02 Å². The molecule has 2 rings (SSSR count). The van der Waals surface area contributed by atoms with E-state index in [4.69, 9.17) is 17.3 Å². The molecule has 1 nitrogen and oxygen atoms in total. The maximum Gasteiger partial charge on any atom is 0.126 e. The highest BCUT2D eigenvalue weighted by molar-refractivity contribution is 6.30. The van der Waals surface area contributed by atoms with Gasteiger partial charge < -0.3 is 5.73 Å². The predicted molar refractivity (Wildman–Crippen MR) is 63.8 cm³/mol. The van der Waals surface area contributed by atoms with Crippen molar-refractivity contribution in [3.63, 3.8) is 0 Å². The third-order valence-electron chi connectivity index (χ3n) is 2.47. The summed E-state index contributed by atoms with van der Waals surface area (Å²) in [5.74, 6) is -1.27. The van der Waals surface area contributed by atoms with E-state index in [0.717, 1.165) is 11.6 Å². The van der Waals surface area contributed by atoms with Crippen LogP contribution in [-0.4, -0.2) is 0 Å². The van der Waals surface area contributed by atoms with Crippen LogP contribution >= 0.6 is 11.6 Å². The van der Waals surface area contributed by atoms with Crippen molar-refractivity contribution < 1.29 is 8.78 Å². The van der Waals surface area contributed by atoms with Crippen molar-refractivity contribution in [3.05, 3.63) is 70.2 Å². The second kappa shape index (κ2) is 4.82. The molecule has 0 bridgehead atoms. The van der Waals surface area contributed by atoms with Crippen molar-refractivity contribution in [2.24, 2.45) is 5.73 Å². The number of benzene rings is 2. The van der Waals surface area contributed by atoms with E-state index < -0.39 is 17.7 Å². The molecule has 0 radical (unpaired) electrons. The molecule has 2 aromatic carbocycles. The summed E-state index contributed by atoms with van der Waals surface area (Å²) in [5.41, 5.74) is 7.07. The molecule has 0 fully saturated rings. The molecule has 2 N–H and O–H groups in total. The first kappa shape index (κ1) is 12.0. The van der Waals surface area contributed by atoms with Gasteiger partial charge in [-0.1, -0.05) is 23.7 Å². The molecule has 0 saturated carbocycles. The molecular formula is C13H10ClF2N. The summed E-state index contributed by atoms with van der Waals surface area (Å²) in [6.45, 7) is 0. The van der Waals surface area contributed by atoms with Gasteiger partial charge in [0.15, 0.2) is 0 Å². The average Bonchev–Trinajstić information content (AvgIpc) is 2.28. The number of hydrogen-bond donors (Lipinski definition) is 1. The van der Waals surface area contributed by atoms with E-state index >= 15 is 0 Å². The lowest BCUT2D eigenvalue weighted by molar-refractivity contribution is 0.577. The van der Waals surface area contributed by atoms with Gasteiger partial charge in [0.05, 0.1) is 6.04 Å². The Morgan fingerprint density at radius 2 is 1.41 bits per heavy atom. The fourth-order valence-corrected chi connectivity index (χ4v) is 1.74. The van der Waals surface area contributed by atoms with Crippen LogP contribution in [0.15, 0.2) is 42.5 Å². The van der Waals surface area contributed by atoms with Gasteiger partial charge in [-0.15, -0.1) is 0 Å². The van der Waals surface area contributed by atoms with E-state index in [1.807, 2.05) is 0 Å². The standard InChI is InChI=1S/C13H10ClF2N/c14-10-3-1-8(2-4-10)13(17)9-5-11(15)7-12(16)6-9/h1-7,13H,17H2. The first-order valence-corrected chi connectivity index (χ1v) is 5.41. The molecule has 0 aliphatic rings. The van der Waals surface area contributed by atoms with Crippen LogP contribution in [0.3, 0.4) is 0 Å². The largest absolute Gasteiger partial charge is 0.320 e. The summed E-state index contributed by atoms with van der Waals surface area (Å²) in [7, 11) is 0. The average molecular weight is 254 g/mol. The normalized spacial score (nSPS) is 12.5. The minimum Gasteiger partial charge on any atom is -0.320 e. The summed E-state index contributed by atoms with van der Waals surface area (Å²) >= 11 is 5.75. The highest BCUT2D eigenvalue weighted by atomic mass is 35.5. The molecule has 0 aliphatic carbocycles. The second-order valence-electron chi connectivity index (χ2n) is 3.73. The molecule has 0 aliphatic heterocycles. The highest BCUT2D eigenvalue weighted by Gasteiger charge is 2.11. The summed E-state index contributed by atoms with van der Waals surface area (Å²) in [4.78, 5) is 0. The fourth-order valence-electron chi connectivity index (χ4n) is 1.62. The van der Waals surface area contributed by atoms with Gasteiger partial charge in [-0.25, -0.2) is 8.78 Å². The first-order valence-electron chi connectivity index (χ1n) is 5.03. The lowest BCUT2D eigenvalue weighted by Gasteiger charge is -2.12. The van der Waals surface area contributed by atoms with Crippen LogP contribution in [0.4, 0.5) is 8.78 Å². The maximum atomic E-state index is 13.1. The van der Waals surface area contributed by atoms with Crippen molar-refractivity contribution in [3.8, 4) is 0 Å². The zero-order valence-corrected chi connectivity index (χ0v) is 9.59. The Balaban J connectivity index is 2.36. The topological polar surface area (TPSA) is 26.0 Å². The summed E-state index contributed by atoms with van der Waals surface area (Å²) in [6.07, 6.45) is 0. The van der Waals surface area contributed by atoms with Crippen LogP contribution in [0.25, 0.3) is 0 Å². The molecule has 88 valence electrons. The predicted octanol–water partition coefficient (Wildman–Crippen LogP) is 3.67. The van der Waals surface area contributed by atoms with Gasteiger partial charge in [0, 0.05) is 11.1 Å². The molecule has 17 heavy (non-hydrogen) atoms. The van der Waals surface area contributed by atoms with Gasteiger partial charge in [-0.2, -0.15) is 0 Å². The van der Waals surface area contributed by atoms with E-state index in [1.54, 1.807) is 24.3 Å². The van der Waals surface area contributed by atoms with Crippen LogP contribution in [-0.2, 0) is 0 Å². The Hall–Kier alpha value is -1.45. The van der Waals surface area contributed by atoms with Crippen LogP contribution in [0.5, 0.6) is 0 Å². The molecule has 0 saturated heterocycles. The van der Waals surface area contributed by atoms with E-state index in [1.165, 1.54) is 12.1 Å². The summed E-state index contributed by atoms with van der Waals surface area (Å²) < 4.78 is 26.1. The Morgan fingerprint density at radius 3 is 1.94 bits per heavy atom. The van der Waals surface area contributed by atoms with Gasteiger partial charge >= 0.3 is 0 Å². The Morgan fingerprint density at radius 1 is 0.882 bits per heavy atom. The quantitative estimate of drug-likeness (QED) is 0.868. The minimum atomic E-state index is -0.635. The molecule has 0 amide bonds. The third-order valence-corrected chi connectivity index (χ3v) is 2.73. The molecule has 1 atom stereocenters. The van der Waals surface area contributed by atoms with Gasteiger partial charge in [0.2, 0.25) is 0 Å². The number of rotatable bonds is 2. The first-order chi connectivity index (χ1) is 8.06. The lowest BCUT2D eigenvalue weighted by atomic mass is 9.99. The molecule has 1 unspecified atom stereocenters. The van der Waals surface area contributed by atoms with Crippen molar-refractivity contribution >= 4 is 11.6 Å². The molecule has 4 heteroatoms. The van der Waals surface area contributed by atoms with E-state index in [2.05, 4.69) is 0 Å². The summed E-state index contributed by atoms with van der Waals surface area (Å²) in [5, 5.41) is 0.589. The maximum absolute atomic E-state index is 13.1. The van der Waals surface area contributed by atoms with Gasteiger partial charge in [-0.3, -0.25) is 0 Å². The monoisotopic (exact) mass is 253 g/mol. The van der Waals surface area contributed by atoms with Crippen molar-refractivity contribution in [1.29, 1.82) is 0 Å². The van der Waals surface area contributed by atoms with Gasteiger partial charge in [0.25, 0.3) is 0 Å². The van der Waals surface area contributed by atoms with Crippen LogP contribution in [0.1, 0.15) is 17.2 Å². The Kier molecular flexibility index (Phi) is 3.41. The number of nitrogens with two attached hydrogens (primary N) is 1. The smallest absolute Gasteiger partial charge is 0.126 e. The van der Waals surface area contributed by atoms with E-state index in [0.29, 0.717) is 10.6 Å². The zero-order chi connectivity index (χ0) is 12.4. The Labute approximate surface area is 103 Å². The molecule has 2 aromatic rings. The SMILES string of the molecule is NC(c1ccc(Cl)cc1)c1cc(F)cc(F)c1. The zero-order valence-electron chi connectivity index (χ0n) is 8.83. The molecule has 0 spiro atoms. The highest BCUT2D eigenvalue weighted by Crippen LogP contribution is 2.22. The van der Waals surface area contributed by atoms with Crippen LogP contribution < -0.4 is 5.73 Å². The second-order valence-corrected chi connectivity index (χ2v) is 4.17. The number of halogens is 3. The molecule has 0 heterocycles. The van der Waals surface area contributed by atoms with Crippen molar-refractivity contribution in [2.45, 2.75) is 6.04 Å². The molecular weight excluding hydrogens is 244 g/mol. The third kappa shape index (κ3) is 2.81. The van der Waals surface area contributed by atoms with E-state index in [-0.39, 0.29) is 0 Å². The van der Waals surface area contributed by atoms with Crippen molar-refractivity contribution in [1.82, 2.24) is 0 Å². The number of hydrogen-bond acceptors (Lipinski definition) is 1. The van der Waals surface area contributed by atoms with Gasteiger partial charge in [-0.05, 0) is 35.4 Å². The van der Waals surface area contributed by atoms with E-state index in [9.17, 15) is 8.78 Å². The Bertz CT molecular complexity index is 505. The van der Waals surface area contributed by atoms with Crippen molar-refractivity contribution in [2.75, 3.05) is 0 Å². The fraction of sp³-hybridized carbons (Fsp3) is 0.0769. The molecule has 0 aromatic heterocycles.